The van der Waals surface area contributed by atoms with Crippen molar-refractivity contribution in [1.29, 1.82) is 0 Å². The second-order valence-corrected chi connectivity index (χ2v) is 9.74. The monoisotopic (exact) mass is 457 g/mol. The van der Waals surface area contributed by atoms with Crippen LogP contribution in [0.5, 0.6) is 0 Å². The van der Waals surface area contributed by atoms with Gasteiger partial charge in [-0.3, -0.25) is 0 Å². The van der Waals surface area contributed by atoms with Crippen LogP contribution >= 0.6 is 23.8 Å². The number of nitrogens with one attached hydrogen (secondary N) is 2. The number of nitrogens with zero attached hydrogens (tertiary/aromatic N) is 3. The molecule has 0 radical (unpaired) electrons. The zero-order valence-electron chi connectivity index (χ0n) is 18.3. The number of aromatic nitrogens is 2. The smallest absolute Gasteiger partial charge is 0.231 e. The fourth-order valence-corrected chi connectivity index (χ4v) is 5.18. The third-order valence-corrected chi connectivity index (χ3v) is 7.10. The summed E-state index contributed by atoms with van der Waals surface area (Å²) in [6.45, 7) is 4.92. The molecule has 31 heavy (non-hydrogen) atoms. The molecule has 0 bridgehead atoms. The molecule has 0 atom stereocenters. The van der Waals surface area contributed by atoms with Gasteiger partial charge in [-0.15, -0.1) is 0 Å². The molecular formula is C24H32ClN5S. The molecule has 1 saturated heterocycles. The highest BCUT2D eigenvalue weighted by atomic mass is 35.5. The lowest BCUT2D eigenvalue weighted by Crippen LogP contribution is -2.43. The average Bonchev–Trinajstić information content (AvgIpc) is 2.79. The van der Waals surface area contributed by atoms with E-state index >= 15 is 0 Å². The van der Waals surface area contributed by atoms with Crippen molar-refractivity contribution in [3.05, 3.63) is 46.6 Å². The number of anilines is 2. The Bertz CT molecular complexity index is 889. The van der Waals surface area contributed by atoms with Gasteiger partial charge in [0.2, 0.25) is 5.95 Å². The largest absolute Gasteiger partial charge is 0.361 e. The predicted octanol–water partition coefficient (Wildman–Crippen LogP) is 5.62. The summed E-state index contributed by atoms with van der Waals surface area (Å²) < 4.78 is 0. The molecular weight excluding hydrogens is 426 g/mol. The first-order chi connectivity index (χ1) is 15.0. The lowest BCUT2D eigenvalue weighted by Gasteiger charge is -2.38. The fraction of sp³-hybridized carbons (Fsp3) is 0.542. The summed E-state index contributed by atoms with van der Waals surface area (Å²) in [6, 6.07) is 10.4. The maximum Gasteiger partial charge on any atom is 0.231 e. The van der Waals surface area contributed by atoms with Gasteiger partial charge >= 0.3 is 0 Å². The van der Waals surface area contributed by atoms with Gasteiger partial charge in [0.1, 0.15) is 5.82 Å². The molecule has 4 rings (SSSR count). The van der Waals surface area contributed by atoms with Crippen molar-refractivity contribution >= 4 is 40.7 Å². The highest BCUT2D eigenvalue weighted by Crippen LogP contribution is 2.39. The molecule has 2 N–H and O–H groups in total. The number of halogens is 1. The standard InChI is InChI=1S/C24H32ClN5S/c1-18-16-21(30-14-6-3-7-15-30)28-22(27-18)29-23(31)26-17-24(12-4-2-5-13-24)19-8-10-20(25)11-9-19/h8-11,16H,2-7,12-15,17H2,1H3,(H2,26,27,28,29,31). The first-order valence-electron chi connectivity index (χ1n) is 11.5. The molecule has 1 aromatic carbocycles. The van der Waals surface area contributed by atoms with Gasteiger partial charge in [-0.1, -0.05) is 43.0 Å². The van der Waals surface area contributed by atoms with Crippen molar-refractivity contribution in [1.82, 2.24) is 15.3 Å². The van der Waals surface area contributed by atoms with Crippen LogP contribution < -0.4 is 15.5 Å². The van der Waals surface area contributed by atoms with E-state index < -0.39 is 0 Å². The SMILES string of the molecule is Cc1cc(N2CCCCC2)nc(NC(=S)NCC2(c3ccc(Cl)cc3)CCCCC2)n1. The molecule has 0 spiro atoms. The third kappa shape index (κ3) is 5.66. The van der Waals surface area contributed by atoms with Crippen molar-refractivity contribution < 1.29 is 0 Å². The van der Waals surface area contributed by atoms with E-state index in [-0.39, 0.29) is 5.41 Å². The van der Waals surface area contributed by atoms with Crippen LogP contribution in [0.3, 0.4) is 0 Å². The van der Waals surface area contributed by atoms with Gasteiger partial charge in [0.05, 0.1) is 0 Å². The second-order valence-electron chi connectivity index (χ2n) is 8.89. The Kier molecular flexibility index (Phi) is 7.28. The summed E-state index contributed by atoms with van der Waals surface area (Å²) in [5.74, 6) is 1.56. The Balaban J connectivity index is 1.43. The van der Waals surface area contributed by atoms with Crippen LogP contribution in [0, 0.1) is 6.92 Å². The number of aryl methyl sites for hydroxylation is 1. The van der Waals surface area contributed by atoms with E-state index in [0.717, 1.165) is 49.0 Å². The van der Waals surface area contributed by atoms with E-state index in [1.54, 1.807) is 0 Å². The van der Waals surface area contributed by atoms with Gasteiger partial charge in [0, 0.05) is 41.8 Å². The first kappa shape index (κ1) is 22.3. The average molecular weight is 458 g/mol. The van der Waals surface area contributed by atoms with Gasteiger partial charge in [-0.25, -0.2) is 4.98 Å². The minimum absolute atomic E-state index is 0.0843. The minimum Gasteiger partial charge on any atom is -0.361 e. The Morgan fingerprint density at radius 1 is 1.03 bits per heavy atom. The van der Waals surface area contributed by atoms with Crippen LogP contribution in [-0.2, 0) is 5.41 Å². The number of hydrogen-bond acceptors (Lipinski definition) is 4. The molecule has 0 amide bonds. The minimum atomic E-state index is 0.0843. The summed E-state index contributed by atoms with van der Waals surface area (Å²) in [7, 11) is 0. The molecule has 0 unspecified atom stereocenters. The zero-order chi connectivity index (χ0) is 21.7. The Hall–Kier alpha value is -1.92. The summed E-state index contributed by atoms with van der Waals surface area (Å²) >= 11 is 11.8. The van der Waals surface area contributed by atoms with Crippen LogP contribution in [0.4, 0.5) is 11.8 Å². The van der Waals surface area contributed by atoms with Crippen LogP contribution in [0.2, 0.25) is 5.02 Å². The lowest BCUT2D eigenvalue weighted by molar-refractivity contribution is 0.292. The van der Waals surface area contributed by atoms with Crippen LogP contribution in [0.15, 0.2) is 30.3 Å². The molecule has 7 heteroatoms. The number of hydrogen-bond donors (Lipinski definition) is 2. The number of thiocarbonyl (C=S) groups is 1. The quantitative estimate of drug-likeness (QED) is 0.568. The molecule has 2 aromatic rings. The van der Waals surface area contributed by atoms with Crippen molar-refractivity contribution in [2.75, 3.05) is 29.9 Å². The number of benzene rings is 1. The topological polar surface area (TPSA) is 53.1 Å². The molecule has 1 aliphatic carbocycles. The van der Waals surface area contributed by atoms with Gasteiger partial charge in [-0.2, -0.15) is 4.98 Å². The van der Waals surface area contributed by atoms with E-state index in [1.807, 2.05) is 19.1 Å². The molecule has 2 aliphatic rings. The molecule has 2 fully saturated rings. The van der Waals surface area contributed by atoms with E-state index in [2.05, 4.69) is 38.7 Å². The molecule has 5 nitrogen and oxygen atoms in total. The van der Waals surface area contributed by atoms with E-state index in [9.17, 15) is 0 Å². The van der Waals surface area contributed by atoms with E-state index in [4.69, 9.17) is 28.8 Å². The summed E-state index contributed by atoms with van der Waals surface area (Å²) in [5.41, 5.74) is 2.37. The summed E-state index contributed by atoms with van der Waals surface area (Å²) in [6.07, 6.45) is 9.84. The van der Waals surface area contributed by atoms with Gasteiger partial charge in [0.15, 0.2) is 5.11 Å². The van der Waals surface area contributed by atoms with Gasteiger partial charge in [-0.05, 0) is 68.9 Å². The Morgan fingerprint density at radius 3 is 2.42 bits per heavy atom. The van der Waals surface area contributed by atoms with Crippen LogP contribution in [0.1, 0.15) is 62.6 Å². The lowest BCUT2D eigenvalue weighted by atomic mass is 9.69. The van der Waals surface area contributed by atoms with Crippen LogP contribution in [-0.4, -0.2) is 34.7 Å². The van der Waals surface area contributed by atoms with Crippen molar-refractivity contribution in [3.8, 4) is 0 Å². The summed E-state index contributed by atoms with van der Waals surface area (Å²) in [4.78, 5) is 11.6. The first-order valence-corrected chi connectivity index (χ1v) is 12.2. The van der Waals surface area contributed by atoms with E-state index in [1.165, 1.54) is 44.1 Å². The van der Waals surface area contributed by atoms with Crippen molar-refractivity contribution in [3.63, 3.8) is 0 Å². The molecule has 2 heterocycles. The Morgan fingerprint density at radius 2 is 1.71 bits per heavy atom. The number of piperidine rings is 1. The third-order valence-electron chi connectivity index (χ3n) is 6.60. The predicted molar refractivity (Wildman–Crippen MR) is 133 cm³/mol. The molecule has 1 aromatic heterocycles. The highest BCUT2D eigenvalue weighted by molar-refractivity contribution is 7.80. The van der Waals surface area contributed by atoms with Gasteiger partial charge < -0.3 is 15.5 Å². The van der Waals surface area contributed by atoms with E-state index in [0.29, 0.717) is 11.1 Å². The van der Waals surface area contributed by atoms with Crippen molar-refractivity contribution in [2.45, 2.75) is 63.7 Å². The second kappa shape index (κ2) is 10.1. The highest BCUT2D eigenvalue weighted by Gasteiger charge is 2.34. The molecule has 1 aliphatic heterocycles. The summed E-state index contributed by atoms with van der Waals surface area (Å²) in [5, 5.41) is 8.05. The van der Waals surface area contributed by atoms with Gasteiger partial charge in [0.25, 0.3) is 0 Å². The van der Waals surface area contributed by atoms with Crippen LogP contribution in [0.25, 0.3) is 0 Å². The molecule has 166 valence electrons. The maximum atomic E-state index is 6.13. The number of rotatable bonds is 5. The zero-order valence-corrected chi connectivity index (χ0v) is 19.9. The van der Waals surface area contributed by atoms with Crippen molar-refractivity contribution in [2.24, 2.45) is 0 Å². The Labute approximate surface area is 196 Å². The normalized spacial score (nSPS) is 18.5. The maximum absolute atomic E-state index is 6.13. The fourth-order valence-electron chi connectivity index (χ4n) is 4.89. The molecule has 1 saturated carbocycles.